The molecule has 1 heterocycles. The van der Waals surface area contributed by atoms with Gasteiger partial charge in [-0.2, -0.15) is 0 Å². The lowest BCUT2D eigenvalue weighted by Gasteiger charge is -2.16. The molecule has 92 valence electrons. The Morgan fingerprint density at radius 1 is 1.41 bits per heavy atom. The molecule has 0 N–H and O–H groups in total. The highest BCUT2D eigenvalue weighted by Gasteiger charge is 2.19. The van der Waals surface area contributed by atoms with Crippen molar-refractivity contribution >= 4 is 5.91 Å². The number of carbonyl (C=O) groups excluding carboxylic acids is 1. The Hall–Kier alpha value is -1.51. The van der Waals surface area contributed by atoms with Crippen LogP contribution >= 0.6 is 0 Å². The lowest BCUT2D eigenvalue weighted by atomic mass is 10.1. The maximum absolute atomic E-state index is 11.5. The molecule has 3 nitrogen and oxygen atoms in total. The summed E-state index contributed by atoms with van der Waals surface area (Å²) in [6, 6.07) is 6.18. The molecule has 3 heteroatoms. The molecule has 1 aliphatic rings. The van der Waals surface area contributed by atoms with Crippen molar-refractivity contribution in [2.75, 3.05) is 20.2 Å². The SMILES string of the molecule is COc1ccc(C)cc1CCN1CCCC1=O. The fraction of sp³-hybridized carbons (Fsp3) is 0.500. The summed E-state index contributed by atoms with van der Waals surface area (Å²) in [5, 5.41) is 0. The zero-order valence-corrected chi connectivity index (χ0v) is 10.5. The summed E-state index contributed by atoms with van der Waals surface area (Å²) in [4.78, 5) is 13.5. The Morgan fingerprint density at radius 2 is 2.24 bits per heavy atom. The van der Waals surface area contributed by atoms with Gasteiger partial charge in [0.2, 0.25) is 5.91 Å². The van der Waals surface area contributed by atoms with Crippen LogP contribution in [0.25, 0.3) is 0 Å². The van der Waals surface area contributed by atoms with Crippen molar-refractivity contribution in [1.29, 1.82) is 0 Å². The Bertz CT molecular complexity index is 415. The fourth-order valence-corrected chi connectivity index (χ4v) is 2.30. The topological polar surface area (TPSA) is 29.5 Å². The van der Waals surface area contributed by atoms with E-state index >= 15 is 0 Å². The largest absolute Gasteiger partial charge is 0.496 e. The summed E-state index contributed by atoms with van der Waals surface area (Å²) in [6.45, 7) is 3.79. The van der Waals surface area contributed by atoms with Crippen LogP contribution in [-0.4, -0.2) is 31.0 Å². The quantitative estimate of drug-likeness (QED) is 0.797. The van der Waals surface area contributed by atoms with Gasteiger partial charge in [0.1, 0.15) is 5.75 Å². The molecule has 2 rings (SSSR count). The molecule has 1 aromatic carbocycles. The van der Waals surface area contributed by atoms with E-state index in [2.05, 4.69) is 13.0 Å². The van der Waals surface area contributed by atoms with E-state index in [-0.39, 0.29) is 5.91 Å². The van der Waals surface area contributed by atoms with Gasteiger partial charge in [0.15, 0.2) is 0 Å². The number of rotatable bonds is 4. The molecule has 0 saturated carbocycles. The van der Waals surface area contributed by atoms with Crippen molar-refractivity contribution in [1.82, 2.24) is 4.90 Å². The second-order valence-electron chi connectivity index (χ2n) is 4.55. The van der Waals surface area contributed by atoms with Crippen molar-refractivity contribution < 1.29 is 9.53 Å². The molecular weight excluding hydrogens is 214 g/mol. The normalized spacial score (nSPS) is 15.4. The molecule has 1 aromatic rings. The molecule has 0 spiro atoms. The zero-order chi connectivity index (χ0) is 12.3. The van der Waals surface area contributed by atoms with Crippen LogP contribution in [-0.2, 0) is 11.2 Å². The standard InChI is InChI=1S/C14H19NO2/c1-11-5-6-13(17-2)12(10-11)7-9-15-8-3-4-14(15)16/h5-6,10H,3-4,7-9H2,1-2H3. The molecule has 0 unspecified atom stereocenters. The third-order valence-electron chi connectivity index (χ3n) is 3.26. The van der Waals surface area contributed by atoms with Crippen LogP contribution in [0.3, 0.4) is 0 Å². The van der Waals surface area contributed by atoms with E-state index in [0.717, 1.165) is 31.7 Å². The van der Waals surface area contributed by atoms with Gasteiger partial charge in [0.05, 0.1) is 7.11 Å². The highest BCUT2D eigenvalue weighted by Crippen LogP contribution is 2.21. The van der Waals surface area contributed by atoms with Gasteiger partial charge in [-0.25, -0.2) is 0 Å². The van der Waals surface area contributed by atoms with Crippen molar-refractivity contribution in [2.45, 2.75) is 26.2 Å². The number of aryl methyl sites for hydroxylation is 1. The number of hydrogen-bond donors (Lipinski definition) is 0. The summed E-state index contributed by atoms with van der Waals surface area (Å²) in [7, 11) is 1.69. The number of likely N-dealkylation sites (tertiary alicyclic amines) is 1. The first kappa shape index (κ1) is 12.0. The average molecular weight is 233 g/mol. The number of carbonyl (C=O) groups is 1. The van der Waals surface area contributed by atoms with E-state index < -0.39 is 0 Å². The van der Waals surface area contributed by atoms with Gasteiger partial charge in [-0.05, 0) is 31.4 Å². The van der Waals surface area contributed by atoms with E-state index in [0.29, 0.717) is 6.42 Å². The van der Waals surface area contributed by atoms with E-state index in [1.54, 1.807) is 7.11 Å². The third-order valence-corrected chi connectivity index (χ3v) is 3.26. The zero-order valence-electron chi connectivity index (χ0n) is 10.5. The molecule has 17 heavy (non-hydrogen) atoms. The van der Waals surface area contributed by atoms with Crippen LogP contribution < -0.4 is 4.74 Å². The Kier molecular flexibility index (Phi) is 3.67. The predicted molar refractivity (Wildman–Crippen MR) is 67.2 cm³/mol. The van der Waals surface area contributed by atoms with E-state index in [1.165, 1.54) is 11.1 Å². The molecular formula is C14H19NO2. The van der Waals surface area contributed by atoms with Crippen molar-refractivity contribution in [3.05, 3.63) is 29.3 Å². The van der Waals surface area contributed by atoms with Crippen LogP contribution in [0, 0.1) is 6.92 Å². The Labute approximate surface area is 102 Å². The van der Waals surface area contributed by atoms with Crippen LogP contribution in [0.15, 0.2) is 18.2 Å². The number of amides is 1. The van der Waals surface area contributed by atoms with Crippen LogP contribution in [0.4, 0.5) is 0 Å². The highest BCUT2D eigenvalue weighted by molar-refractivity contribution is 5.78. The third kappa shape index (κ3) is 2.78. The second kappa shape index (κ2) is 5.21. The summed E-state index contributed by atoms with van der Waals surface area (Å²) >= 11 is 0. The number of ether oxygens (including phenoxy) is 1. The summed E-state index contributed by atoms with van der Waals surface area (Å²) in [6.07, 6.45) is 2.59. The summed E-state index contributed by atoms with van der Waals surface area (Å²) in [5.41, 5.74) is 2.42. The van der Waals surface area contributed by atoms with E-state index in [9.17, 15) is 4.79 Å². The Morgan fingerprint density at radius 3 is 2.88 bits per heavy atom. The number of benzene rings is 1. The minimum absolute atomic E-state index is 0.289. The summed E-state index contributed by atoms with van der Waals surface area (Å²) in [5.74, 6) is 1.21. The van der Waals surface area contributed by atoms with Crippen LogP contribution in [0.1, 0.15) is 24.0 Å². The van der Waals surface area contributed by atoms with Gasteiger partial charge in [-0.15, -0.1) is 0 Å². The molecule has 0 aromatic heterocycles. The number of hydrogen-bond acceptors (Lipinski definition) is 2. The molecule has 1 saturated heterocycles. The summed E-state index contributed by atoms with van der Waals surface area (Å²) < 4.78 is 5.34. The highest BCUT2D eigenvalue weighted by atomic mass is 16.5. The van der Waals surface area contributed by atoms with E-state index in [1.807, 2.05) is 17.0 Å². The van der Waals surface area contributed by atoms with Gasteiger partial charge < -0.3 is 9.64 Å². The first-order valence-corrected chi connectivity index (χ1v) is 6.12. The van der Waals surface area contributed by atoms with Gasteiger partial charge in [0.25, 0.3) is 0 Å². The second-order valence-corrected chi connectivity index (χ2v) is 4.55. The first-order chi connectivity index (χ1) is 8.20. The van der Waals surface area contributed by atoms with Crippen LogP contribution in [0.2, 0.25) is 0 Å². The molecule has 1 aliphatic heterocycles. The van der Waals surface area contributed by atoms with Gasteiger partial charge in [-0.1, -0.05) is 17.7 Å². The lowest BCUT2D eigenvalue weighted by Crippen LogP contribution is -2.27. The monoisotopic (exact) mass is 233 g/mol. The average Bonchev–Trinajstić information content (AvgIpc) is 2.72. The maximum atomic E-state index is 11.5. The molecule has 1 amide bonds. The van der Waals surface area contributed by atoms with Gasteiger partial charge in [0, 0.05) is 19.5 Å². The minimum Gasteiger partial charge on any atom is -0.496 e. The molecule has 0 bridgehead atoms. The number of methoxy groups -OCH3 is 1. The van der Waals surface area contributed by atoms with Gasteiger partial charge in [-0.3, -0.25) is 4.79 Å². The smallest absolute Gasteiger partial charge is 0.222 e. The number of nitrogens with zero attached hydrogens (tertiary/aromatic N) is 1. The lowest BCUT2D eigenvalue weighted by molar-refractivity contribution is -0.127. The van der Waals surface area contributed by atoms with E-state index in [4.69, 9.17) is 4.74 Å². The van der Waals surface area contributed by atoms with Crippen LogP contribution in [0.5, 0.6) is 5.75 Å². The molecule has 0 aliphatic carbocycles. The Balaban J connectivity index is 2.02. The predicted octanol–water partition coefficient (Wildman–Crippen LogP) is 2.17. The minimum atomic E-state index is 0.289. The van der Waals surface area contributed by atoms with Crippen molar-refractivity contribution in [3.8, 4) is 5.75 Å². The first-order valence-electron chi connectivity index (χ1n) is 6.12. The van der Waals surface area contributed by atoms with Gasteiger partial charge >= 0.3 is 0 Å². The fourth-order valence-electron chi connectivity index (χ4n) is 2.30. The molecule has 0 atom stereocenters. The van der Waals surface area contributed by atoms with Crippen molar-refractivity contribution in [3.63, 3.8) is 0 Å². The molecule has 0 radical (unpaired) electrons. The maximum Gasteiger partial charge on any atom is 0.222 e. The molecule has 1 fully saturated rings. The van der Waals surface area contributed by atoms with Crippen molar-refractivity contribution in [2.24, 2.45) is 0 Å².